The largest absolute Gasteiger partial charge is 0.477 e. The molecule has 26 heavy (non-hydrogen) atoms. The van der Waals surface area contributed by atoms with Gasteiger partial charge in [-0.05, 0) is 12.1 Å². The van der Waals surface area contributed by atoms with E-state index in [-0.39, 0.29) is 5.91 Å². The first-order chi connectivity index (χ1) is 12.7. The fourth-order valence-electron chi connectivity index (χ4n) is 3.04. The van der Waals surface area contributed by atoms with Crippen LogP contribution in [0.1, 0.15) is 5.89 Å². The molecule has 0 bridgehead atoms. The number of fused-ring (bicyclic) bond motifs is 1. The number of benzene rings is 2. The van der Waals surface area contributed by atoms with Gasteiger partial charge in [-0.3, -0.25) is 4.79 Å². The first-order valence-electron chi connectivity index (χ1n) is 8.47. The summed E-state index contributed by atoms with van der Waals surface area (Å²) in [6, 6.07) is 17.5. The van der Waals surface area contributed by atoms with Crippen LogP contribution in [0.4, 0.5) is 5.69 Å². The van der Waals surface area contributed by atoms with Crippen LogP contribution in [0.25, 0.3) is 11.3 Å². The molecule has 132 valence electrons. The second-order valence-electron chi connectivity index (χ2n) is 6.05. The van der Waals surface area contributed by atoms with E-state index in [9.17, 15) is 4.79 Å². The van der Waals surface area contributed by atoms with Crippen LogP contribution in [0, 0.1) is 0 Å². The Kier molecular flexibility index (Phi) is 4.31. The Labute approximate surface area is 151 Å². The van der Waals surface area contributed by atoms with Crippen molar-refractivity contribution in [2.24, 2.45) is 0 Å². The number of nitrogens with one attached hydrogen (secondary N) is 1. The van der Waals surface area contributed by atoms with Gasteiger partial charge in [0.15, 0.2) is 11.9 Å². The maximum Gasteiger partial charge on any atom is 0.262 e. The average Bonchev–Trinajstić information content (AvgIpc) is 3.16. The monoisotopic (exact) mass is 349 g/mol. The number of carbonyl (C=O) groups is 1. The Balaban J connectivity index is 1.59. The number of likely N-dealkylation sites (N-methyl/N-ethyl adjacent to an activating group) is 1. The van der Waals surface area contributed by atoms with Gasteiger partial charge in [0.25, 0.3) is 5.91 Å². The van der Waals surface area contributed by atoms with Gasteiger partial charge >= 0.3 is 0 Å². The van der Waals surface area contributed by atoms with Crippen LogP contribution in [-0.4, -0.2) is 30.6 Å². The van der Waals surface area contributed by atoms with Gasteiger partial charge in [0, 0.05) is 12.6 Å². The maximum atomic E-state index is 12.1. The predicted molar refractivity (Wildman–Crippen MR) is 97.9 cm³/mol. The van der Waals surface area contributed by atoms with E-state index in [0.717, 1.165) is 17.0 Å². The topological polar surface area (TPSA) is 67.6 Å². The third kappa shape index (κ3) is 3.13. The lowest BCUT2D eigenvalue weighted by atomic mass is 10.2. The number of oxazole rings is 1. The Hall–Kier alpha value is -3.28. The van der Waals surface area contributed by atoms with E-state index in [4.69, 9.17) is 9.15 Å². The molecule has 0 spiro atoms. The smallest absolute Gasteiger partial charge is 0.262 e. The van der Waals surface area contributed by atoms with Crippen molar-refractivity contribution < 1.29 is 13.9 Å². The molecule has 1 N–H and O–H groups in total. The zero-order valence-electron chi connectivity index (χ0n) is 14.4. The van der Waals surface area contributed by atoms with Gasteiger partial charge in [0.1, 0.15) is 5.75 Å². The number of carbonyl (C=O) groups excluding carboxylic acids is 1. The summed E-state index contributed by atoms with van der Waals surface area (Å²) in [5.74, 6) is 1.85. The standard InChI is InChI=1S/C20H19N3O3/c1-21-20(24)18-12-23(15-9-5-6-10-16(15)25-18)13-19-22-11-17(26-19)14-7-3-2-4-8-14/h2-11,18H,12-13H2,1H3,(H,21,24)/t18-/m0/s1. The normalized spacial score (nSPS) is 15.9. The predicted octanol–water partition coefficient (Wildman–Crippen LogP) is 2.86. The first kappa shape index (κ1) is 16.2. The van der Waals surface area contributed by atoms with E-state index < -0.39 is 6.10 Å². The lowest BCUT2D eigenvalue weighted by Crippen LogP contribution is -2.47. The molecule has 1 atom stereocenters. The molecule has 0 fully saturated rings. The minimum atomic E-state index is -0.571. The number of hydrogen-bond donors (Lipinski definition) is 1. The number of aromatic nitrogens is 1. The third-order valence-electron chi connectivity index (χ3n) is 4.34. The molecule has 0 saturated carbocycles. The van der Waals surface area contributed by atoms with E-state index >= 15 is 0 Å². The molecule has 6 nitrogen and oxygen atoms in total. The van der Waals surface area contributed by atoms with E-state index in [2.05, 4.69) is 15.2 Å². The van der Waals surface area contributed by atoms with Crippen LogP contribution in [0.15, 0.2) is 65.2 Å². The van der Waals surface area contributed by atoms with E-state index in [1.807, 2.05) is 54.6 Å². The molecular formula is C20H19N3O3. The molecule has 3 aromatic rings. The van der Waals surface area contributed by atoms with Gasteiger partial charge in [0.05, 0.1) is 25.0 Å². The third-order valence-corrected chi connectivity index (χ3v) is 4.34. The van der Waals surface area contributed by atoms with E-state index in [1.165, 1.54) is 0 Å². The summed E-state index contributed by atoms with van der Waals surface area (Å²) in [4.78, 5) is 18.5. The summed E-state index contributed by atoms with van der Waals surface area (Å²) < 4.78 is 11.7. The fourth-order valence-corrected chi connectivity index (χ4v) is 3.04. The summed E-state index contributed by atoms with van der Waals surface area (Å²) >= 11 is 0. The van der Waals surface area contributed by atoms with Crippen LogP contribution in [0.2, 0.25) is 0 Å². The average molecular weight is 349 g/mol. The summed E-state index contributed by atoms with van der Waals surface area (Å²) in [7, 11) is 1.61. The van der Waals surface area contributed by atoms with Crippen molar-refractivity contribution in [1.29, 1.82) is 0 Å². The van der Waals surface area contributed by atoms with Crippen molar-refractivity contribution in [3.05, 3.63) is 66.7 Å². The second-order valence-corrected chi connectivity index (χ2v) is 6.05. The molecule has 0 aliphatic carbocycles. The van der Waals surface area contributed by atoms with Crippen molar-refractivity contribution >= 4 is 11.6 Å². The van der Waals surface area contributed by atoms with Crippen LogP contribution >= 0.6 is 0 Å². The minimum Gasteiger partial charge on any atom is -0.477 e. The number of nitrogens with zero attached hydrogens (tertiary/aromatic N) is 2. The van der Waals surface area contributed by atoms with Crippen molar-refractivity contribution in [3.8, 4) is 17.1 Å². The Morgan fingerprint density at radius 3 is 2.77 bits per heavy atom. The Morgan fingerprint density at radius 2 is 1.96 bits per heavy atom. The number of rotatable bonds is 4. The fraction of sp³-hybridized carbons (Fsp3) is 0.200. The highest BCUT2D eigenvalue weighted by Gasteiger charge is 2.30. The first-order valence-corrected chi connectivity index (χ1v) is 8.47. The quantitative estimate of drug-likeness (QED) is 0.784. The minimum absolute atomic E-state index is 0.151. The van der Waals surface area contributed by atoms with Gasteiger partial charge < -0.3 is 19.4 Å². The Morgan fingerprint density at radius 1 is 1.19 bits per heavy atom. The molecular weight excluding hydrogens is 330 g/mol. The lowest BCUT2D eigenvalue weighted by Gasteiger charge is -2.34. The summed E-state index contributed by atoms with van der Waals surface area (Å²) in [5, 5.41) is 2.65. The SMILES string of the molecule is CNC(=O)[C@@H]1CN(Cc2ncc(-c3ccccc3)o2)c2ccccc2O1. The van der Waals surface area contributed by atoms with Crippen molar-refractivity contribution in [2.45, 2.75) is 12.6 Å². The molecule has 1 amide bonds. The van der Waals surface area contributed by atoms with Gasteiger partial charge in [-0.2, -0.15) is 0 Å². The van der Waals surface area contributed by atoms with Crippen molar-refractivity contribution in [1.82, 2.24) is 10.3 Å². The van der Waals surface area contributed by atoms with Crippen LogP contribution in [0.3, 0.4) is 0 Å². The maximum absolute atomic E-state index is 12.1. The van der Waals surface area contributed by atoms with E-state index in [0.29, 0.717) is 24.7 Å². The highest BCUT2D eigenvalue weighted by Crippen LogP contribution is 2.34. The molecule has 0 unspecified atom stereocenters. The van der Waals surface area contributed by atoms with Crippen molar-refractivity contribution in [3.63, 3.8) is 0 Å². The molecule has 4 rings (SSSR count). The number of hydrogen-bond acceptors (Lipinski definition) is 5. The van der Waals surface area contributed by atoms with E-state index in [1.54, 1.807) is 13.2 Å². The van der Waals surface area contributed by atoms with Crippen molar-refractivity contribution in [2.75, 3.05) is 18.5 Å². The van der Waals surface area contributed by atoms with Gasteiger partial charge in [0.2, 0.25) is 5.89 Å². The summed E-state index contributed by atoms with van der Waals surface area (Å²) in [6.07, 6.45) is 1.16. The molecule has 1 aromatic heterocycles. The van der Waals surface area contributed by atoms with Gasteiger partial charge in [-0.15, -0.1) is 0 Å². The molecule has 1 aliphatic heterocycles. The van der Waals surface area contributed by atoms with Crippen LogP contribution in [0.5, 0.6) is 5.75 Å². The number of ether oxygens (including phenoxy) is 1. The number of para-hydroxylation sites is 2. The summed E-state index contributed by atoms with van der Waals surface area (Å²) in [6.45, 7) is 0.889. The molecule has 0 radical (unpaired) electrons. The molecule has 2 heterocycles. The lowest BCUT2D eigenvalue weighted by molar-refractivity contribution is -0.127. The zero-order valence-corrected chi connectivity index (χ0v) is 14.4. The molecule has 2 aromatic carbocycles. The molecule has 1 aliphatic rings. The molecule has 0 saturated heterocycles. The highest BCUT2D eigenvalue weighted by molar-refractivity contribution is 5.83. The van der Waals surface area contributed by atoms with Crippen LogP contribution in [-0.2, 0) is 11.3 Å². The Bertz CT molecular complexity index is 907. The number of amides is 1. The van der Waals surface area contributed by atoms with Gasteiger partial charge in [-0.25, -0.2) is 4.98 Å². The zero-order chi connectivity index (χ0) is 17.9. The van der Waals surface area contributed by atoms with Gasteiger partial charge in [-0.1, -0.05) is 42.5 Å². The van der Waals surface area contributed by atoms with Crippen LogP contribution < -0.4 is 15.0 Å². The summed E-state index contributed by atoms with van der Waals surface area (Å²) in [5.41, 5.74) is 1.91. The number of anilines is 1. The highest BCUT2D eigenvalue weighted by atomic mass is 16.5. The second kappa shape index (κ2) is 6.92. The molecule has 6 heteroatoms.